The van der Waals surface area contributed by atoms with Crippen molar-refractivity contribution in [1.29, 1.82) is 0 Å². The molecular formula is C12H19N5O. The standard InChI is InChI=1S/C12H19N5O/c13-10-7-14-15-11(10)12(18)17-6-2-5-16-4-1-3-9(16)8-17/h7,9H,1-6,8,13H2,(H,14,15). The zero-order valence-corrected chi connectivity index (χ0v) is 10.4. The van der Waals surface area contributed by atoms with Crippen LogP contribution in [0.3, 0.4) is 0 Å². The number of amides is 1. The topological polar surface area (TPSA) is 78.2 Å². The highest BCUT2D eigenvalue weighted by molar-refractivity contribution is 5.97. The molecule has 0 aliphatic carbocycles. The minimum atomic E-state index is -0.0150. The normalized spacial score (nSPS) is 24.9. The Bertz CT molecular complexity index is 443. The average molecular weight is 249 g/mol. The number of aromatic nitrogens is 2. The number of nitrogen functional groups attached to an aromatic ring is 1. The molecule has 0 radical (unpaired) electrons. The van der Waals surface area contributed by atoms with Gasteiger partial charge >= 0.3 is 0 Å². The van der Waals surface area contributed by atoms with Gasteiger partial charge in [-0.25, -0.2) is 0 Å². The fourth-order valence-electron chi connectivity index (χ4n) is 3.02. The molecule has 3 heterocycles. The summed E-state index contributed by atoms with van der Waals surface area (Å²) in [4.78, 5) is 16.8. The van der Waals surface area contributed by atoms with Gasteiger partial charge in [-0.1, -0.05) is 0 Å². The van der Waals surface area contributed by atoms with Crippen molar-refractivity contribution in [3.8, 4) is 0 Å². The molecule has 1 amide bonds. The Kier molecular flexibility index (Phi) is 2.95. The van der Waals surface area contributed by atoms with E-state index in [4.69, 9.17) is 5.73 Å². The molecule has 0 spiro atoms. The second-order valence-electron chi connectivity index (χ2n) is 5.14. The van der Waals surface area contributed by atoms with Gasteiger partial charge < -0.3 is 10.6 Å². The van der Waals surface area contributed by atoms with Gasteiger partial charge in [0.05, 0.1) is 11.9 Å². The first-order chi connectivity index (χ1) is 8.75. The number of nitrogens with zero attached hydrogens (tertiary/aromatic N) is 3. The molecule has 3 rings (SSSR count). The lowest BCUT2D eigenvalue weighted by atomic mass is 10.2. The van der Waals surface area contributed by atoms with Gasteiger partial charge in [0.2, 0.25) is 0 Å². The molecule has 1 unspecified atom stereocenters. The summed E-state index contributed by atoms with van der Waals surface area (Å²) in [6, 6.07) is 0.528. The lowest BCUT2D eigenvalue weighted by Crippen LogP contribution is -2.40. The molecule has 1 atom stereocenters. The quantitative estimate of drug-likeness (QED) is 0.750. The number of rotatable bonds is 1. The molecule has 2 aliphatic heterocycles. The summed E-state index contributed by atoms with van der Waals surface area (Å²) in [5.74, 6) is -0.0150. The van der Waals surface area contributed by atoms with Crippen LogP contribution >= 0.6 is 0 Å². The second-order valence-corrected chi connectivity index (χ2v) is 5.14. The van der Waals surface area contributed by atoms with Crippen LogP contribution in [0.4, 0.5) is 5.69 Å². The van der Waals surface area contributed by atoms with E-state index in [0.29, 0.717) is 17.4 Å². The number of H-pyrrole nitrogens is 1. The monoisotopic (exact) mass is 249 g/mol. The third kappa shape index (κ3) is 1.96. The molecule has 18 heavy (non-hydrogen) atoms. The molecule has 0 bridgehead atoms. The minimum absolute atomic E-state index is 0.0150. The van der Waals surface area contributed by atoms with Crippen molar-refractivity contribution in [3.05, 3.63) is 11.9 Å². The Morgan fingerprint density at radius 3 is 3.00 bits per heavy atom. The van der Waals surface area contributed by atoms with Crippen LogP contribution in [0, 0.1) is 0 Å². The first kappa shape index (κ1) is 11.5. The van der Waals surface area contributed by atoms with E-state index in [-0.39, 0.29) is 5.91 Å². The number of aromatic amines is 1. The summed E-state index contributed by atoms with van der Waals surface area (Å²) in [6.45, 7) is 3.91. The van der Waals surface area contributed by atoms with Gasteiger partial charge in [0.15, 0.2) is 0 Å². The predicted molar refractivity (Wildman–Crippen MR) is 68.1 cm³/mol. The van der Waals surface area contributed by atoms with E-state index in [1.807, 2.05) is 4.90 Å². The van der Waals surface area contributed by atoms with Crippen molar-refractivity contribution in [2.45, 2.75) is 25.3 Å². The summed E-state index contributed by atoms with van der Waals surface area (Å²) in [6.07, 6.45) is 4.98. The molecule has 1 aromatic heterocycles. The van der Waals surface area contributed by atoms with Crippen LogP contribution in [-0.4, -0.2) is 58.1 Å². The smallest absolute Gasteiger partial charge is 0.274 e. The number of nitrogens with one attached hydrogen (secondary N) is 1. The highest BCUT2D eigenvalue weighted by Crippen LogP contribution is 2.22. The first-order valence-corrected chi connectivity index (χ1v) is 6.58. The third-order valence-corrected chi connectivity index (χ3v) is 3.97. The molecule has 0 aromatic carbocycles. The molecule has 2 aliphatic rings. The van der Waals surface area contributed by atoms with Crippen LogP contribution < -0.4 is 5.73 Å². The SMILES string of the molecule is Nc1cn[nH]c1C(=O)N1CCCN2CCCC2C1. The molecular weight excluding hydrogens is 230 g/mol. The van der Waals surface area contributed by atoms with Gasteiger partial charge in [0, 0.05) is 25.7 Å². The number of anilines is 1. The van der Waals surface area contributed by atoms with E-state index in [9.17, 15) is 4.79 Å². The highest BCUT2D eigenvalue weighted by Gasteiger charge is 2.31. The number of nitrogens with two attached hydrogens (primary N) is 1. The fourth-order valence-corrected chi connectivity index (χ4v) is 3.02. The Hall–Kier alpha value is -1.56. The predicted octanol–water partition coefficient (Wildman–Crippen LogP) is 0.302. The Balaban J connectivity index is 1.75. The Morgan fingerprint density at radius 2 is 2.22 bits per heavy atom. The van der Waals surface area contributed by atoms with Crippen LogP contribution in [0.15, 0.2) is 6.20 Å². The summed E-state index contributed by atoms with van der Waals surface area (Å²) >= 11 is 0. The van der Waals surface area contributed by atoms with Gasteiger partial charge in [0.25, 0.3) is 5.91 Å². The van der Waals surface area contributed by atoms with Crippen LogP contribution in [0.1, 0.15) is 29.8 Å². The first-order valence-electron chi connectivity index (χ1n) is 6.58. The fraction of sp³-hybridized carbons (Fsp3) is 0.667. The highest BCUT2D eigenvalue weighted by atomic mass is 16.2. The summed E-state index contributed by atoms with van der Waals surface area (Å²) < 4.78 is 0. The van der Waals surface area contributed by atoms with Gasteiger partial charge in [0.1, 0.15) is 5.69 Å². The van der Waals surface area contributed by atoms with Gasteiger partial charge in [-0.05, 0) is 25.8 Å². The number of carbonyl (C=O) groups is 1. The van der Waals surface area contributed by atoms with Crippen molar-refractivity contribution in [3.63, 3.8) is 0 Å². The van der Waals surface area contributed by atoms with Crippen molar-refractivity contribution >= 4 is 11.6 Å². The van der Waals surface area contributed by atoms with Gasteiger partial charge in [-0.3, -0.25) is 14.8 Å². The molecule has 6 heteroatoms. The molecule has 3 N–H and O–H groups in total. The Labute approximate surface area is 106 Å². The maximum atomic E-state index is 12.4. The van der Waals surface area contributed by atoms with E-state index < -0.39 is 0 Å². The van der Waals surface area contributed by atoms with E-state index >= 15 is 0 Å². The summed E-state index contributed by atoms with van der Waals surface area (Å²) in [5.41, 5.74) is 6.61. The molecule has 2 saturated heterocycles. The van der Waals surface area contributed by atoms with Crippen molar-refractivity contribution in [1.82, 2.24) is 20.0 Å². The third-order valence-electron chi connectivity index (χ3n) is 3.97. The lowest BCUT2D eigenvalue weighted by molar-refractivity contribution is 0.0738. The zero-order chi connectivity index (χ0) is 12.5. The minimum Gasteiger partial charge on any atom is -0.396 e. The second kappa shape index (κ2) is 4.61. The molecule has 98 valence electrons. The van der Waals surface area contributed by atoms with E-state index in [1.54, 1.807) is 0 Å². The van der Waals surface area contributed by atoms with E-state index in [2.05, 4.69) is 15.1 Å². The van der Waals surface area contributed by atoms with Crippen LogP contribution in [0.2, 0.25) is 0 Å². The van der Waals surface area contributed by atoms with Crippen molar-refractivity contribution < 1.29 is 4.79 Å². The van der Waals surface area contributed by atoms with E-state index in [1.165, 1.54) is 25.6 Å². The average Bonchev–Trinajstić information content (AvgIpc) is 2.93. The lowest BCUT2D eigenvalue weighted by Gasteiger charge is -2.25. The number of hydrogen-bond donors (Lipinski definition) is 2. The molecule has 0 saturated carbocycles. The van der Waals surface area contributed by atoms with Gasteiger partial charge in [-0.2, -0.15) is 5.10 Å². The molecule has 2 fully saturated rings. The maximum Gasteiger partial charge on any atom is 0.274 e. The number of carbonyl (C=O) groups excluding carboxylic acids is 1. The van der Waals surface area contributed by atoms with Crippen LogP contribution in [0.5, 0.6) is 0 Å². The van der Waals surface area contributed by atoms with Crippen molar-refractivity contribution in [2.75, 3.05) is 31.9 Å². The maximum absolute atomic E-state index is 12.4. The summed E-state index contributed by atoms with van der Waals surface area (Å²) in [7, 11) is 0. The number of hydrogen-bond acceptors (Lipinski definition) is 4. The molecule has 6 nitrogen and oxygen atoms in total. The Morgan fingerprint density at radius 1 is 1.39 bits per heavy atom. The van der Waals surface area contributed by atoms with E-state index in [0.717, 1.165) is 26.1 Å². The van der Waals surface area contributed by atoms with Crippen LogP contribution in [0.25, 0.3) is 0 Å². The number of fused-ring (bicyclic) bond motifs is 1. The molecule has 1 aromatic rings. The van der Waals surface area contributed by atoms with Crippen molar-refractivity contribution in [2.24, 2.45) is 0 Å². The van der Waals surface area contributed by atoms with Crippen LogP contribution in [-0.2, 0) is 0 Å². The van der Waals surface area contributed by atoms with Gasteiger partial charge in [-0.15, -0.1) is 0 Å². The summed E-state index contributed by atoms with van der Waals surface area (Å²) in [5, 5.41) is 6.52. The zero-order valence-electron chi connectivity index (χ0n) is 10.4. The largest absolute Gasteiger partial charge is 0.396 e.